The van der Waals surface area contributed by atoms with E-state index in [1.54, 1.807) is 36.3 Å². The Hall–Kier alpha value is -3.31. The first-order valence-corrected chi connectivity index (χ1v) is 10.4. The average molecular weight is 426 g/mol. The first-order valence-electron chi connectivity index (χ1n) is 10.4. The van der Waals surface area contributed by atoms with Gasteiger partial charge in [-0.2, -0.15) is 5.26 Å². The number of hydrogen-bond acceptors (Lipinski definition) is 4. The van der Waals surface area contributed by atoms with Crippen LogP contribution < -0.4 is 5.32 Å². The van der Waals surface area contributed by atoms with Crippen molar-refractivity contribution in [3.05, 3.63) is 53.9 Å². The molecule has 0 radical (unpaired) electrons. The normalized spacial score (nSPS) is 10.4. The third-order valence-corrected chi connectivity index (χ3v) is 4.96. The topological polar surface area (TPSA) is 90.6 Å². The number of ether oxygens (including phenoxy) is 1. The molecule has 0 saturated carbocycles. The molecule has 8 nitrogen and oxygen atoms in total. The number of anilines is 1. The number of aryl methyl sites for hydroxylation is 1. The van der Waals surface area contributed by atoms with Gasteiger partial charge >= 0.3 is 6.03 Å². The monoisotopic (exact) mass is 425 g/mol. The highest BCUT2D eigenvalue weighted by Crippen LogP contribution is 2.12. The summed E-state index contributed by atoms with van der Waals surface area (Å²) < 4.78 is 7.14. The van der Waals surface area contributed by atoms with Crippen LogP contribution in [0.15, 0.2) is 42.6 Å². The van der Waals surface area contributed by atoms with E-state index < -0.39 is 0 Å². The number of methoxy groups -OCH3 is 1. The van der Waals surface area contributed by atoms with Crippen LogP contribution in [0.25, 0.3) is 0 Å². The predicted octanol–water partition coefficient (Wildman–Crippen LogP) is 3.21. The first-order chi connectivity index (χ1) is 15.0. The Morgan fingerprint density at radius 1 is 1.19 bits per heavy atom. The lowest BCUT2D eigenvalue weighted by atomic mass is 10.2. The zero-order valence-electron chi connectivity index (χ0n) is 18.5. The molecular formula is C23H31N5O3. The Morgan fingerprint density at radius 2 is 2.00 bits per heavy atom. The molecule has 0 aliphatic carbocycles. The molecule has 0 saturated heterocycles. The second-order valence-electron chi connectivity index (χ2n) is 7.32. The van der Waals surface area contributed by atoms with Crippen molar-refractivity contribution in [3.63, 3.8) is 0 Å². The van der Waals surface area contributed by atoms with Crippen LogP contribution in [0.5, 0.6) is 0 Å². The number of aromatic nitrogens is 1. The number of urea groups is 1. The maximum Gasteiger partial charge on any atom is 0.322 e. The summed E-state index contributed by atoms with van der Waals surface area (Å²) >= 11 is 0. The van der Waals surface area contributed by atoms with Crippen molar-refractivity contribution < 1.29 is 14.3 Å². The second kappa shape index (κ2) is 12.4. The van der Waals surface area contributed by atoms with Crippen LogP contribution in [-0.2, 0) is 23.1 Å². The van der Waals surface area contributed by atoms with Crippen LogP contribution in [0.3, 0.4) is 0 Å². The van der Waals surface area contributed by atoms with Crippen LogP contribution >= 0.6 is 0 Å². The number of rotatable bonds is 11. The molecule has 1 aromatic heterocycles. The van der Waals surface area contributed by atoms with Gasteiger partial charge in [0.05, 0.1) is 24.8 Å². The molecule has 31 heavy (non-hydrogen) atoms. The third kappa shape index (κ3) is 7.46. The zero-order valence-corrected chi connectivity index (χ0v) is 18.5. The number of nitrogens with zero attached hydrogens (tertiary/aromatic N) is 4. The lowest BCUT2D eigenvalue weighted by molar-refractivity contribution is -0.133. The molecule has 0 fully saturated rings. The molecule has 1 N–H and O–H groups in total. The summed E-state index contributed by atoms with van der Waals surface area (Å²) in [7, 11) is 3.53. The second-order valence-corrected chi connectivity index (χ2v) is 7.32. The van der Waals surface area contributed by atoms with Crippen LogP contribution in [-0.4, -0.2) is 59.7 Å². The van der Waals surface area contributed by atoms with Gasteiger partial charge in [0.1, 0.15) is 6.54 Å². The molecular weight excluding hydrogens is 394 g/mol. The largest absolute Gasteiger partial charge is 0.383 e. The summed E-state index contributed by atoms with van der Waals surface area (Å²) in [5.74, 6) is -0.143. The molecule has 1 aromatic carbocycles. The molecule has 0 atom stereocenters. The van der Waals surface area contributed by atoms with Gasteiger partial charge in [0.15, 0.2) is 0 Å². The van der Waals surface area contributed by atoms with E-state index in [9.17, 15) is 9.59 Å². The van der Waals surface area contributed by atoms with Crippen molar-refractivity contribution in [1.82, 2.24) is 14.4 Å². The number of nitriles is 1. The van der Waals surface area contributed by atoms with Gasteiger partial charge in [0.2, 0.25) is 5.91 Å². The van der Waals surface area contributed by atoms with Gasteiger partial charge in [-0.25, -0.2) is 4.79 Å². The number of benzene rings is 1. The van der Waals surface area contributed by atoms with Gasteiger partial charge in [0, 0.05) is 44.8 Å². The standard InChI is InChI=1S/C23H31N5O3/c1-4-5-12-28(23(30)25-20-9-6-8-19(15-20)16-24)18-22(29)27(13-14-31-3)17-21-10-7-11-26(21)2/h6-11,15H,4-5,12-14,17-18H2,1-3H3,(H,25,30). The van der Waals surface area contributed by atoms with Crippen LogP contribution in [0, 0.1) is 11.3 Å². The zero-order chi connectivity index (χ0) is 22.6. The van der Waals surface area contributed by atoms with Gasteiger partial charge in [-0.1, -0.05) is 19.4 Å². The minimum Gasteiger partial charge on any atom is -0.383 e. The van der Waals surface area contributed by atoms with E-state index in [1.165, 1.54) is 4.90 Å². The van der Waals surface area contributed by atoms with Gasteiger partial charge in [-0.15, -0.1) is 0 Å². The molecule has 0 aliphatic rings. The van der Waals surface area contributed by atoms with E-state index in [0.29, 0.717) is 37.5 Å². The molecule has 0 aliphatic heterocycles. The Bertz CT molecular complexity index is 903. The van der Waals surface area contributed by atoms with Gasteiger partial charge < -0.3 is 24.4 Å². The number of amides is 3. The molecule has 0 spiro atoms. The molecule has 1 heterocycles. The molecule has 0 unspecified atom stereocenters. The van der Waals surface area contributed by atoms with Crippen molar-refractivity contribution in [1.29, 1.82) is 5.26 Å². The SMILES string of the molecule is CCCCN(CC(=O)N(CCOC)Cc1cccn1C)C(=O)Nc1cccc(C#N)c1. The Morgan fingerprint density at radius 3 is 2.65 bits per heavy atom. The highest BCUT2D eigenvalue weighted by molar-refractivity contribution is 5.92. The molecule has 8 heteroatoms. The Labute approximate surface area is 184 Å². The highest BCUT2D eigenvalue weighted by atomic mass is 16.5. The van der Waals surface area contributed by atoms with E-state index >= 15 is 0 Å². The Balaban J connectivity index is 2.11. The highest BCUT2D eigenvalue weighted by Gasteiger charge is 2.22. The Kier molecular flexibility index (Phi) is 9.59. The molecule has 2 aromatic rings. The minimum absolute atomic E-state index is 0.0299. The number of nitrogens with one attached hydrogen (secondary N) is 1. The predicted molar refractivity (Wildman–Crippen MR) is 119 cm³/mol. The maximum atomic E-state index is 13.1. The summed E-state index contributed by atoms with van der Waals surface area (Å²) in [5, 5.41) is 11.9. The molecule has 2 rings (SSSR count). The fourth-order valence-electron chi connectivity index (χ4n) is 3.08. The molecule has 0 bridgehead atoms. The fourth-order valence-corrected chi connectivity index (χ4v) is 3.08. The van der Waals surface area contributed by atoms with Crippen molar-refractivity contribution in [3.8, 4) is 6.07 Å². The summed E-state index contributed by atoms with van der Waals surface area (Å²) in [4.78, 5) is 29.2. The lowest BCUT2D eigenvalue weighted by Crippen LogP contribution is -2.45. The van der Waals surface area contributed by atoms with Crippen molar-refractivity contribution in [2.45, 2.75) is 26.3 Å². The lowest BCUT2D eigenvalue weighted by Gasteiger charge is -2.28. The number of carbonyl (C=O) groups excluding carboxylic acids is 2. The minimum atomic E-state index is -0.359. The number of hydrogen-bond donors (Lipinski definition) is 1. The van der Waals surface area contributed by atoms with E-state index in [2.05, 4.69) is 11.4 Å². The molecule has 166 valence electrons. The van der Waals surface area contributed by atoms with Crippen molar-refractivity contribution in [2.75, 3.05) is 38.7 Å². The van der Waals surface area contributed by atoms with Crippen LogP contribution in [0.4, 0.5) is 10.5 Å². The third-order valence-electron chi connectivity index (χ3n) is 4.96. The van der Waals surface area contributed by atoms with Crippen molar-refractivity contribution >= 4 is 17.6 Å². The van der Waals surface area contributed by atoms with Crippen LogP contribution in [0.1, 0.15) is 31.0 Å². The summed E-state index contributed by atoms with van der Waals surface area (Å²) in [6.07, 6.45) is 3.62. The smallest absolute Gasteiger partial charge is 0.322 e. The number of carbonyl (C=O) groups is 2. The van der Waals surface area contributed by atoms with Crippen LogP contribution in [0.2, 0.25) is 0 Å². The van der Waals surface area contributed by atoms with E-state index in [4.69, 9.17) is 10.00 Å². The fraction of sp³-hybridized carbons (Fsp3) is 0.435. The molecule has 3 amide bonds. The van der Waals surface area contributed by atoms with Gasteiger partial charge in [0.25, 0.3) is 0 Å². The number of unbranched alkanes of at least 4 members (excludes halogenated alkanes) is 1. The van der Waals surface area contributed by atoms with E-state index in [1.807, 2.05) is 36.9 Å². The van der Waals surface area contributed by atoms with Crippen molar-refractivity contribution in [2.24, 2.45) is 7.05 Å². The van der Waals surface area contributed by atoms with E-state index in [0.717, 1.165) is 18.5 Å². The average Bonchev–Trinajstić information content (AvgIpc) is 3.18. The van der Waals surface area contributed by atoms with Gasteiger partial charge in [-0.05, 0) is 36.8 Å². The maximum absolute atomic E-state index is 13.1. The quantitative estimate of drug-likeness (QED) is 0.599. The summed E-state index contributed by atoms with van der Waals surface area (Å²) in [6, 6.07) is 12.3. The first kappa shape index (κ1) is 24.0. The van der Waals surface area contributed by atoms with E-state index in [-0.39, 0.29) is 18.5 Å². The summed E-state index contributed by atoms with van der Waals surface area (Å²) in [6.45, 7) is 3.77. The summed E-state index contributed by atoms with van der Waals surface area (Å²) in [5.41, 5.74) is 1.99. The van der Waals surface area contributed by atoms with Gasteiger partial charge in [-0.3, -0.25) is 4.79 Å².